The van der Waals surface area contributed by atoms with Gasteiger partial charge in [-0.2, -0.15) is 0 Å². The third-order valence-electron chi connectivity index (χ3n) is 7.88. The van der Waals surface area contributed by atoms with Crippen LogP contribution in [0.25, 0.3) is 11.1 Å². The van der Waals surface area contributed by atoms with Crippen LogP contribution in [0.2, 0.25) is 0 Å². The first kappa shape index (κ1) is 30.8. The maximum atomic E-state index is 6.00. The minimum absolute atomic E-state index is 0.483. The second-order valence-corrected chi connectivity index (χ2v) is 10.8. The Morgan fingerprint density at radius 1 is 0.465 bits per heavy atom. The lowest BCUT2D eigenvalue weighted by Crippen LogP contribution is -2.28. The molecule has 0 amide bonds. The molecule has 0 saturated heterocycles. The van der Waals surface area contributed by atoms with Crippen LogP contribution in [0.5, 0.6) is 11.5 Å². The average Bonchev–Trinajstić information content (AvgIpc) is 3.30. The summed E-state index contributed by atoms with van der Waals surface area (Å²) in [7, 11) is 3.34. The average molecular weight is 583 g/mol. The topological polar surface area (TPSA) is 55.4 Å². The largest absolute Gasteiger partial charge is 0.491 e. The zero-order valence-corrected chi connectivity index (χ0v) is 25.7. The molecule has 226 valence electrons. The van der Waals surface area contributed by atoms with Crippen LogP contribution in [0.3, 0.4) is 0 Å². The first-order valence-electron chi connectivity index (χ1n) is 14.9. The Hall–Kier alpha value is -3.68. The smallest absolute Gasteiger partial charge is 0.119 e. The van der Waals surface area contributed by atoms with Gasteiger partial charge in [-0.15, -0.1) is 0 Å². The minimum atomic E-state index is -0.494. The van der Waals surface area contributed by atoms with E-state index in [2.05, 4.69) is 98.8 Å². The highest BCUT2D eigenvalue weighted by molar-refractivity contribution is 5.86. The summed E-state index contributed by atoms with van der Waals surface area (Å²) in [5, 5.41) is 0. The lowest BCUT2D eigenvalue weighted by molar-refractivity contribution is 0.0544. The van der Waals surface area contributed by atoms with Gasteiger partial charge in [-0.05, 0) is 71.5 Å². The van der Waals surface area contributed by atoms with E-state index < -0.39 is 5.41 Å². The Morgan fingerprint density at radius 2 is 0.860 bits per heavy atom. The molecule has 0 atom stereocenters. The van der Waals surface area contributed by atoms with E-state index >= 15 is 0 Å². The molecular formula is C37H42O6. The highest BCUT2D eigenvalue weighted by Crippen LogP contribution is 2.56. The standard InChI is InChI=1S/C37H42O6/c1-27-5-15-33-34-16-6-28(2)26-36(34)37(35(33)25-27,29-7-11-31(12-8-29)42-23-21-40-19-17-38-3)30-9-13-32(14-10-30)43-24-22-41-20-18-39-4/h5-16,25-26H,17-24H2,1-4H3. The molecule has 0 spiro atoms. The molecule has 0 saturated carbocycles. The van der Waals surface area contributed by atoms with E-state index in [0.717, 1.165) is 11.5 Å². The molecule has 0 radical (unpaired) electrons. The van der Waals surface area contributed by atoms with E-state index in [4.69, 9.17) is 28.4 Å². The molecule has 0 fully saturated rings. The van der Waals surface area contributed by atoms with Gasteiger partial charge in [0.25, 0.3) is 0 Å². The number of aryl methyl sites for hydroxylation is 2. The van der Waals surface area contributed by atoms with E-state index in [-0.39, 0.29) is 0 Å². The van der Waals surface area contributed by atoms with Crippen LogP contribution in [0, 0.1) is 13.8 Å². The number of methoxy groups -OCH3 is 2. The highest BCUT2D eigenvalue weighted by atomic mass is 16.5. The van der Waals surface area contributed by atoms with Crippen molar-refractivity contribution in [2.24, 2.45) is 0 Å². The summed E-state index contributed by atoms with van der Waals surface area (Å²) in [6.07, 6.45) is 0. The normalized spacial score (nSPS) is 13.0. The van der Waals surface area contributed by atoms with E-state index in [1.165, 1.54) is 44.5 Å². The molecule has 6 nitrogen and oxygen atoms in total. The minimum Gasteiger partial charge on any atom is -0.491 e. The van der Waals surface area contributed by atoms with Gasteiger partial charge in [0.2, 0.25) is 0 Å². The molecule has 0 aliphatic heterocycles. The molecule has 0 bridgehead atoms. The summed E-state index contributed by atoms with van der Waals surface area (Å²) >= 11 is 0. The molecule has 0 heterocycles. The van der Waals surface area contributed by atoms with Gasteiger partial charge < -0.3 is 28.4 Å². The fraction of sp³-hybridized carbons (Fsp3) is 0.351. The Kier molecular flexibility index (Phi) is 10.5. The number of hydrogen-bond acceptors (Lipinski definition) is 6. The first-order valence-corrected chi connectivity index (χ1v) is 14.9. The second-order valence-electron chi connectivity index (χ2n) is 10.8. The highest BCUT2D eigenvalue weighted by Gasteiger charge is 2.46. The van der Waals surface area contributed by atoms with Crippen molar-refractivity contribution in [3.63, 3.8) is 0 Å². The van der Waals surface area contributed by atoms with Gasteiger partial charge in [0.1, 0.15) is 24.7 Å². The van der Waals surface area contributed by atoms with Crippen LogP contribution >= 0.6 is 0 Å². The van der Waals surface area contributed by atoms with Crippen molar-refractivity contribution in [1.29, 1.82) is 0 Å². The second kappa shape index (κ2) is 14.7. The van der Waals surface area contributed by atoms with Crippen molar-refractivity contribution in [3.05, 3.63) is 118 Å². The van der Waals surface area contributed by atoms with Crippen LogP contribution in [0.4, 0.5) is 0 Å². The Morgan fingerprint density at radius 3 is 1.26 bits per heavy atom. The van der Waals surface area contributed by atoms with Crippen LogP contribution in [-0.4, -0.2) is 67.1 Å². The quantitative estimate of drug-likeness (QED) is 0.120. The summed E-state index contributed by atoms with van der Waals surface area (Å²) in [5.74, 6) is 1.63. The summed E-state index contributed by atoms with van der Waals surface area (Å²) < 4.78 is 33.2. The summed E-state index contributed by atoms with van der Waals surface area (Å²) in [6, 6.07) is 30.7. The summed E-state index contributed by atoms with van der Waals surface area (Å²) in [6.45, 7) is 8.60. The van der Waals surface area contributed by atoms with Crippen molar-refractivity contribution in [2.75, 3.05) is 67.1 Å². The molecule has 0 unspecified atom stereocenters. The van der Waals surface area contributed by atoms with Crippen LogP contribution < -0.4 is 9.47 Å². The zero-order valence-electron chi connectivity index (χ0n) is 25.7. The van der Waals surface area contributed by atoms with Crippen LogP contribution in [0.1, 0.15) is 33.4 Å². The molecule has 4 aromatic carbocycles. The number of benzene rings is 4. The molecular weight excluding hydrogens is 540 g/mol. The van der Waals surface area contributed by atoms with Gasteiger partial charge in [-0.3, -0.25) is 0 Å². The summed E-state index contributed by atoms with van der Waals surface area (Å²) in [5.41, 5.74) is 9.45. The number of hydrogen-bond donors (Lipinski definition) is 0. The zero-order chi connectivity index (χ0) is 30.1. The summed E-state index contributed by atoms with van der Waals surface area (Å²) in [4.78, 5) is 0. The molecule has 0 aromatic heterocycles. The van der Waals surface area contributed by atoms with Gasteiger partial charge in [0.15, 0.2) is 0 Å². The van der Waals surface area contributed by atoms with Crippen molar-refractivity contribution < 1.29 is 28.4 Å². The van der Waals surface area contributed by atoms with Gasteiger partial charge in [0, 0.05) is 14.2 Å². The van der Waals surface area contributed by atoms with Gasteiger partial charge >= 0.3 is 0 Å². The van der Waals surface area contributed by atoms with E-state index in [0.29, 0.717) is 52.9 Å². The van der Waals surface area contributed by atoms with E-state index in [1.807, 2.05) is 0 Å². The Balaban J connectivity index is 1.49. The van der Waals surface area contributed by atoms with Gasteiger partial charge in [-0.25, -0.2) is 0 Å². The maximum absolute atomic E-state index is 6.00. The Bertz CT molecular complexity index is 1350. The predicted octanol–water partition coefficient (Wildman–Crippen LogP) is 6.75. The SMILES string of the molecule is COCCOCCOc1ccc(C2(c3ccc(OCCOCCOC)cc3)c3cc(C)ccc3-c3ccc(C)cc32)cc1. The third-order valence-corrected chi connectivity index (χ3v) is 7.88. The van der Waals surface area contributed by atoms with Crippen molar-refractivity contribution in [3.8, 4) is 22.6 Å². The van der Waals surface area contributed by atoms with Crippen molar-refractivity contribution >= 4 is 0 Å². The molecule has 1 aliphatic carbocycles. The molecule has 1 aliphatic rings. The lowest BCUT2D eigenvalue weighted by Gasteiger charge is -2.34. The van der Waals surface area contributed by atoms with Gasteiger partial charge in [-0.1, -0.05) is 71.8 Å². The molecule has 0 N–H and O–H groups in total. The number of rotatable bonds is 16. The van der Waals surface area contributed by atoms with Crippen molar-refractivity contribution in [2.45, 2.75) is 19.3 Å². The Labute approximate surface area is 255 Å². The van der Waals surface area contributed by atoms with Crippen molar-refractivity contribution in [1.82, 2.24) is 0 Å². The molecule has 5 rings (SSSR count). The fourth-order valence-electron chi connectivity index (χ4n) is 5.87. The molecule has 6 heteroatoms. The predicted molar refractivity (Wildman–Crippen MR) is 170 cm³/mol. The molecule has 4 aromatic rings. The number of ether oxygens (including phenoxy) is 6. The van der Waals surface area contributed by atoms with Gasteiger partial charge in [0.05, 0.1) is 45.1 Å². The van der Waals surface area contributed by atoms with E-state index in [9.17, 15) is 0 Å². The molecule has 43 heavy (non-hydrogen) atoms. The van der Waals surface area contributed by atoms with Crippen LogP contribution in [0.15, 0.2) is 84.9 Å². The fourth-order valence-corrected chi connectivity index (χ4v) is 5.87. The third kappa shape index (κ3) is 6.78. The number of fused-ring (bicyclic) bond motifs is 3. The monoisotopic (exact) mass is 582 g/mol. The van der Waals surface area contributed by atoms with E-state index in [1.54, 1.807) is 14.2 Å². The maximum Gasteiger partial charge on any atom is 0.119 e. The first-order chi connectivity index (χ1) is 21.1. The van der Waals surface area contributed by atoms with Crippen LogP contribution in [-0.2, 0) is 24.4 Å². The lowest BCUT2D eigenvalue weighted by atomic mass is 9.67.